The molecule has 0 bridgehead atoms. The summed E-state index contributed by atoms with van der Waals surface area (Å²) >= 11 is 7.38. The van der Waals surface area contributed by atoms with Crippen molar-refractivity contribution in [2.24, 2.45) is 0 Å². The zero-order valence-corrected chi connectivity index (χ0v) is 16.5. The first-order valence-corrected chi connectivity index (χ1v) is 9.76. The standard InChI is InChI=1S/C20H16ClFN2O3S/c1-11-18(8-12-5-6-16-17(7-12)27-10-26-16)28-20(23-11)24-19(25)9-13-14(21)3-2-4-15(13)22/h2-7H,8-10H2,1H3,(H,23,24,25). The molecule has 3 aromatic rings. The molecule has 0 unspecified atom stereocenters. The zero-order chi connectivity index (χ0) is 19.7. The highest BCUT2D eigenvalue weighted by molar-refractivity contribution is 7.15. The fourth-order valence-corrected chi connectivity index (χ4v) is 4.15. The highest BCUT2D eigenvalue weighted by Crippen LogP contribution is 2.34. The second kappa shape index (κ2) is 7.77. The lowest BCUT2D eigenvalue weighted by Crippen LogP contribution is -2.15. The van der Waals surface area contributed by atoms with Gasteiger partial charge in [0.1, 0.15) is 5.82 Å². The van der Waals surface area contributed by atoms with Crippen molar-refractivity contribution in [3.05, 3.63) is 68.9 Å². The number of rotatable bonds is 5. The van der Waals surface area contributed by atoms with Crippen LogP contribution in [-0.2, 0) is 17.6 Å². The van der Waals surface area contributed by atoms with Crippen LogP contribution in [0.3, 0.4) is 0 Å². The van der Waals surface area contributed by atoms with Gasteiger partial charge in [-0.15, -0.1) is 11.3 Å². The third-order valence-electron chi connectivity index (χ3n) is 4.34. The topological polar surface area (TPSA) is 60.5 Å². The molecule has 0 saturated carbocycles. The van der Waals surface area contributed by atoms with Crippen molar-refractivity contribution in [3.8, 4) is 11.5 Å². The minimum Gasteiger partial charge on any atom is -0.454 e. The number of anilines is 1. The Morgan fingerprint density at radius 1 is 1.29 bits per heavy atom. The van der Waals surface area contributed by atoms with E-state index >= 15 is 0 Å². The minimum absolute atomic E-state index is 0.151. The number of thiazole rings is 1. The summed E-state index contributed by atoms with van der Waals surface area (Å²) in [6.45, 7) is 2.13. The number of ether oxygens (including phenoxy) is 2. The summed E-state index contributed by atoms with van der Waals surface area (Å²) in [5.74, 6) is 0.608. The Labute approximate surface area is 170 Å². The van der Waals surface area contributed by atoms with Crippen LogP contribution in [0.2, 0.25) is 5.02 Å². The lowest BCUT2D eigenvalue weighted by molar-refractivity contribution is -0.115. The van der Waals surface area contributed by atoms with E-state index < -0.39 is 5.82 Å². The Bertz CT molecular complexity index is 1030. The molecule has 0 atom stereocenters. The number of hydrogen-bond donors (Lipinski definition) is 1. The molecule has 8 heteroatoms. The van der Waals surface area contributed by atoms with Crippen LogP contribution in [0.15, 0.2) is 36.4 Å². The number of carbonyl (C=O) groups excluding carboxylic acids is 1. The molecule has 1 aliphatic heterocycles. The van der Waals surface area contributed by atoms with Gasteiger partial charge in [-0.1, -0.05) is 23.7 Å². The first kappa shape index (κ1) is 18.7. The lowest BCUT2D eigenvalue weighted by Gasteiger charge is -2.05. The number of aryl methyl sites for hydroxylation is 1. The van der Waals surface area contributed by atoms with Crippen LogP contribution < -0.4 is 14.8 Å². The van der Waals surface area contributed by atoms with E-state index in [1.54, 1.807) is 6.07 Å². The first-order valence-electron chi connectivity index (χ1n) is 8.57. The minimum atomic E-state index is -0.499. The highest BCUT2D eigenvalue weighted by atomic mass is 35.5. The predicted molar refractivity (Wildman–Crippen MR) is 106 cm³/mol. The average Bonchev–Trinajstić information content (AvgIpc) is 3.24. The van der Waals surface area contributed by atoms with Crippen LogP contribution in [0.25, 0.3) is 0 Å². The average molecular weight is 419 g/mol. The molecule has 0 radical (unpaired) electrons. The van der Waals surface area contributed by atoms with Crippen molar-refractivity contribution in [3.63, 3.8) is 0 Å². The van der Waals surface area contributed by atoms with Gasteiger partial charge in [-0.25, -0.2) is 9.37 Å². The summed E-state index contributed by atoms with van der Waals surface area (Å²) in [6, 6.07) is 10.2. The number of fused-ring (bicyclic) bond motifs is 1. The van der Waals surface area contributed by atoms with Gasteiger partial charge in [0.2, 0.25) is 12.7 Å². The third kappa shape index (κ3) is 3.95. The number of benzene rings is 2. The summed E-state index contributed by atoms with van der Waals surface area (Å²) < 4.78 is 24.6. The number of halogens is 2. The Morgan fingerprint density at radius 3 is 2.93 bits per heavy atom. The summed E-state index contributed by atoms with van der Waals surface area (Å²) in [5, 5.41) is 3.44. The van der Waals surface area contributed by atoms with Crippen LogP contribution in [0.4, 0.5) is 9.52 Å². The number of aromatic nitrogens is 1. The molecule has 5 nitrogen and oxygen atoms in total. The molecule has 2 aromatic carbocycles. The molecule has 0 saturated heterocycles. The van der Waals surface area contributed by atoms with Crippen molar-refractivity contribution in [2.45, 2.75) is 19.8 Å². The first-order chi connectivity index (χ1) is 13.5. The zero-order valence-electron chi connectivity index (χ0n) is 14.9. The van der Waals surface area contributed by atoms with E-state index in [1.165, 1.54) is 23.5 Å². The van der Waals surface area contributed by atoms with E-state index in [-0.39, 0.29) is 29.7 Å². The van der Waals surface area contributed by atoms with Gasteiger partial charge in [0.05, 0.1) is 12.1 Å². The quantitative estimate of drug-likeness (QED) is 0.649. The molecule has 1 N–H and O–H groups in total. The number of nitrogens with zero attached hydrogens (tertiary/aromatic N) is 1. The largest absolute Gasteiger partial charge is 0.454 e. The fourth-order valence-electron chi connectivity index (χ4n) is 2.91. The van der Waals surface area contributed by atoms with Crippen molar-refractivity contribution >= 4 is 34.0 Å². The van der Waals surface area contributed by atoms with E-state index in [1.807, 2.05) is 25.1 Å². The molecular formula is C20H16ClFN2O3S. The van der Waals surface area contributed by atoms with Gasteiger partial charge >= 0.3 is 0 Å². The fraction of sp³-hybridized carbons (Fsp3) is 0.200. The van der Waals surface area contributed by atoms with Gasteiger partial charge in [-0.2, -0.15) is 0 Å². The highest BCUT2D eigenvalue weighted by Gasteiger charge is 2.17. The van der Waals surface area contributed by atoms with Crippen molar-refractivity contribution < 1.29 is 18.7 Å². The Balaban J connectivity index is 1.45. The van der Waals surface area contributed by atoms with Gasteiger partial charge < -0.3 is 14.8 Å². The van der Waals surface area contributed by atoms with E-state index in [4.69, 9.17) is 21.1 Å². The van der Waals surface area contributed by atoms with Crippen LogP contribution in [-0.4, -0.2) is 17.7 Å². The van der Waals surface area contributed by atoms with Gasteiger partial charge in [0, 0.05) is 21.9 Å². The number of amides is 1. The second-order valence-electron chi connectivity index (χ2n) is 6.32. The number of nitrogens with one attached hydrogen (secondary N) is 1. The summed E-state index contributed by atoms with van der Waals surface area (Å²) in [7, 11) is 0. The van der Waals surface area contributed by atoms with Crippen LogP contribution in [0, 0.1) is 12.7 Å². The van der Waals surface area contributed by atoms with Crippen LogP contribution in [0.1, 0.15) is 21.7 Å². The lowest BCUT2D eigenvalue weighted by atomic mass is 10.1. The van der Waals surface area contributed by atoms with Crippen LogP contribution >= 0.6 is 22.9 Å². The molecule has 2 heterocycles. The van der Waals surface area contributed by atoms with E-state index in [0.29, 0.717) is 11.6 Å². The molecule has 0 spiro atoms. The van der Waals surface area contributed by atoms with Gasteiger partial charge in [-0.05, 0) is 36.8 Å². The smallest absolute Gasteiger partial charge is 0.231 e. The van der Waals surface area contributed by atoms with Crippen molar-refractivity contribution in [1.82, 2.24) is 4.98 Å². The normalized spacial score (nSPS) is 12.2. The molecule has 1 aliphatic rings. The number of hydrogen-bond acceptors (Lipinski definition) is 5. The molecule has 144 valence electrons. The monoisotopic (exact) mass is 418 g/mol. The Morgan fingerprint density at radius 2 is 2.11 bits per heavy atom. The second-order valence-corrected chi connectivity index (χ2v) is 7.81. The van der Waals surface area contributed by atoms with Gasteiger partial charge in [0.15, 0.2) is 16.6 Å². The third-order valence-corrected chi connectivity index (χ3v) is 5.77. The Hall–Kier alpha value is -2.64. The summed E-state index contributed by atoms with van der Waals surface area (Å²) in [5.41, 5.74) is 2.07. The molecule has 1 aromatic heterocycles. The SMILES string of the molecule is Cc1nc(NC(=O)Cc2c(F)cccc2Cl)sc1Cc1ccc2c(c1)OCO2. The van der Waals surface area contributed by atoms with Crippen molar-refractivity contribution in [2.75, 3.05) is 12.1 Å². The van der Waals surface area contributed by atoms with Crippen molar-refractivity contribution in [1.29, 1.82) is 0 Å². The van der Waals surface area contributed by atoms with Gasteiger partial charge in [-0.3, -0.25) is 4.79 Å². The van der Waals surface area contributed by atoms with E-state index in [9.17, 15) is 9.18 Å². The van der Waals surface area contributed by atoms with Gasteiger partial charge in [0.25, 0.3) is 0 Å². The maximum absolute atomic E-state index is 13.9. The number of carbonyl (C=O) groups is 1. The summed E-state index contributed by atoms with van der Waals surface area (Å²) in [6.07, 6.45) is 0.511. The molecular weight excluding hydrogens is 403 g/mol. The molecule has 4 rings (SSSR count). The summed E-state index contributed by atoms with van der Waals surface area (Å²) in [4.78, 5) is 17.7. The molecule has 0 fully saturated rings. The Kier molecular flexibility index (Phi) is 5.19. The maximum Gasteiger partial charge on any atom is 0.231 e. The van der Waals surface area contributed by atoms with E-state index in [0.717, 1.165) is 27.6 Å². The maximum atomic E-state index is 13.9. The molecule has 28 heavy (non-hydrogen) atoms. The van der Waals surface area contributed by atoms with E-state index in [2.05, 4.69) is 10.3 Å². The molecule has 0 aliphatic carbocycles. The molecule has 1 amide bonds. The van der Waals surface area contributed by atoms with Crippen LogP contribution in [0.5, 0.6) is 11.5 Å². The predicted octanol–water partition coefficient (Wildman–Crippen LogP) is 4.74.